The number of anilines is 1. The molecule has 4 rings (SSSR count). The molecule has 0 saturated carbocycles. The van der Waals surface area contributed by atoms with Gasteiger partial charge in [0.25, 0.3) is 0 Å². The Balaban J connectivity index is 1.69. The summed E-state index contributed by atoms with van der Waals surface area (Å²) in [5.41, 5.74) is 2.82. The van der Waals surface area contributed by atoms with Crippen molar-refractivity contribution in [2.75, 3.05) is 39.2 Å². The number of carbonyl (C=O) groups is 2. The van der Waals surface area contributed by atoms with Crippen LogP contribution >= 0.6 is 0 Å². The minimum absolute atomic E-state index is 0.0411. The fraction of sp³-hybridized carbons (Fsp3) is 0.500. The number of likely N-dealkylation sites (tertiary alicyclic amines) is 1. The lowest BCUT2D eigenvalue weighted by Crippen LogP contribution is -2.39. The van der Waals surface area contributed by atoms with Crippen molar-refractivity contribution in [2.24, 2.45) is 0 Å². The number of hydrogen-bond acceptors (Lipinski definition) is 6. The molecule has 0 N–H and O–H groups in total. The summed E-state index contributed by atoms with van der Waals surface area (Å²) in [5, 5.41) is 0. The van der Waals surface area contributed by atoms with Gasteiger partial charge in [-0.25, -0.2) is 9.97 Å². The molecule has 0 unspecified atom stereocenters. The number of methoxy groups -OCH3 is 1. The molecule has 0 aliphatic carbocycles. The van der Waals surface area contributed by atoms with E-state index in [-0.39, 0.29) is 17.9 Å². The molecule has 0 radical (unpaired) electrons. The van der Waals surface area contributed by atoms with Crippen molar-refractivity contribution in [3.63, 3.8) is 0 Å². The number of ether oxygens (including phenoxy) is 1. The number of nitrogens with zero attached hydrogens (tertiary/aromatic N) is 5. The van der Waals surface area contributed by atoms with Crippen molar-refractivity contribution in [1.29, 1.82) is 0 Å². The quantitative estimate of drug-likeness (QED) is 0.691. The van der Waals surface area contributed by atoms with Gasteiger partial charge < -0.3 is 14.5 Å². The zero-order valence-corrected chi connectivity index (χ0v) is 19.3. The van der Waals surface area contributed by atoms with Gasteiger partial charge in [0.05, 0.1) is 26.2 Å². The Bertz CT molecular complexity index is 1020. The summed E-state index contributed by atoms with van der Waals surface area (Å²) >= 11 is 0. The highest BCUT2D eigenvalue weighted by Crippen LogP contribution is 2.35. The van der Waals surface area contributed by atoms with Gasteiger partial charge in [-0.1, -0.05) is 18.2 Å². The maximum Gasteiger partial charge on any atom is 0.237 e. The lowest BCUT2D eigenvalue weighted by atomic mass is 10.0. The number of likely N-dealkylation sites (N-methyl/N-ethyl adjacent to an activating group) is 1. The molecule has 2 aliphatic rings. The third-order valence-electron chi connectivity index (χ3n) is 6.20. The van der Waals surface area contributed by atoms with Crippen LogP contribution in [0.15, 0.2) is 24.3 Å². The number of amides is 2. The van der Waals surface area contributed by atoms with E-state index >= 15 is 0 Å². The van der Waals surface area contributed by atoms with Crippen LogP contribution < -0.4 is 9.64 Å². The summed E-state index contributed by atoms with van der Waals surface area (Å²) in [6.07, 6.45) is 2.82. The topological polar surface area (TPSA) is 78.9 Å². The highest BCUT2D eigenvalue weighted by atomic mass is 16.5. The Morgan fingerprint density at radius 1 is 1.22 bits per heavy atom. The highest BCUT2D eigenvalue weighted by molar-refractivity contribution is 5.95. The molecule has 1 aromatic carbocycles. The summed E-state index contributed by atoms with van der Waals surface area (Å²) in [6, 6.07) is 7.56. The third kappa shape index (κ3) is 4.32. The van der Waals surface area contributed by atoms with Crippen molar-refractivity contribution in [2.45, 2.75) is 45.2 Å². The predicted octanol–water partition coefficient (Wildman–Crippen LogP) is 2.50. The summed E-state index contributed by atoms with van der Waals surface area (Å²) in [7, 11) is 5.42. The SMILES string of the molecule is COc1ccccc1CN1C(=O)CCc2c(C)nc([C@H]3CCCN3C(=O)CN(C)C)nc21. The van der Waals surface area contributed by atoms with Gasteiger partial charge in [-0.2, -0.15) is 0 Å². The van der Waals surface area contributed by atoms with Crippen LogP contribution in [0.2, 0.25) is 0 Å². The molecule has 3 heterocycles. The van der Waals surface area contributed by atoms with Crippen LogP contribution in [0.1, 0.15) is 47.9 Å². The first-order valence-corrected chi connectivity index (χ1v) is 11.1. The predicted molar refractivity (Wildman–Crippen MR) is 122 cm³/mol. The summed E-state index contributed by atoms with van der Waals surface area (Å²) in [6.45, 7) is 3.43. The second kappa shape index (κ2) is 9.24. The molecule has 2 aromatic rings. The second-order valence-electron chi connectivity index (χ2n) is 8.74. The van der Waals surface area contributed by atoms with E-state index in [2.05, 4.69) is 0 Å². The van der Waals surface area contributed by atoms with Crippen LogP contribution in [0.25, 0.3) is 0 Å². The van der Waals surface area contributed by atoms with Gasteiger partial charge in [0.15, 0.2) is 5.82 Å². The van der Waals surface area contributed by atoms with Gasteiger partial charge in [-0.3, -0.25) is 14.5 Å². The van der Waals surface area contributed by atoms with Crippen LogP contribution in [-0.2, 0) is 22.6 Å². The molecule has 0 spiro atoms. The maximum atomic E-state index is 13.0. The second-order valence-corrected chi connectivity index (χ2v) is 8.74. The van der Waals surface area contributed by atoms with Crippen molar-refractivity contribution >= 4 is 17.6 Å². The molecule has 2 amide bonds. The average Bonchev–Trinajstić information content (AvgIpc) is 3.25. The van der Waals surface area contributed by atoms with Gasteiger partial charge in [-0.05, 0) is 46.3 Å². The van der Waals surface area contributed by atoms with E-state index in [1.54, 1.807) is 12.0 Å². The zero-order chi connectivity index (χ0) is 22.8. The van der Waals surface area contributed by atoms with E-state index in [1.165, 1.54) is 0 Å². The molecular weight excluding hydrogens is 406 g/mol. The first kappa shape index (κ1) is 22.2. The number of carbonyl (C=O) groups excluding carboxylic acids is 2. The molecule has 1 saturated heterocycles. The van der Waals surface area contributed by atoms with Crippen molar-refractivity contribution in [1.82, 2.24) is 19.8 Å². The Kier molecular flexibility index (Phi) is 6.41. The van der Waals surface area contributed by atoms with Crippen molar-refractivity contribution in [3.05, 3.63) is 46.9 Å². The first-order valence-electron chi connectivity index (χ1n) is 11.1. The van der Waals surface area contributed by atoms with Crippen LogP contribution in [0.5, 0.6) is 5.75 Å². The minimum atomic E-state index is -0.156. The van der Waals surface area contributed by atoms with Crippen LogP contribution in [0.4, 0.5) is 5.82 Å². The monoisotopic (exact) mass is 437 g/mol. The number of aryl methyl sites for hydroxylation is 1. The molecule has 2 aliphatic heterocycles. The van der Waals surface area contributed by atoms with E-state index in [9.17, 15) is 9.59 Å². The molecule has 32 heavy (non-hydrogen) atoms. The Morgan fingerprint density at radius 2 is 2.00 bits per heavy atom. The Labute approximate surface area is 189 Å². The number of benzene rings is 1. The molecule has 0 bridgehead atoms. The van der Waals surface area contributed by atoms with Gasteiger partial charge >= 0.3 is 0 Å². The van der Waals surface area contributed by atoms with Gasteiger partial charge in [-0.15, -0.1) is 0 Å². The third-order valence-corrected chi connectivity index (χ3v) is 6.20. The van der Waals surface area contributed by atoms with Crippen LogP contribution in [0.3, 0.4) is 0 Å². The highest BCUT2D eigenvalue weighted by Gasteiger charge is 2.35. The lowest BCUT2D eigenvalue weighted by Gasteiger charge is -2.31. The fourth-order valence-corrected chi connectivity index (χ4v) is 4.61. The zero-order valence-electron chi connectivity index (χ0n) is 19.3. The van der Waals surface area contributed by atoms with E-state index in [1.807, 2.05) is 55.1 Å². The van der Waals surface area contributed by atoms with E-state index in [0.717, 1.165) is 35.4 Å². The number of hydrogen-bond donors (Lipinski definition) is 0. The number of aromatic nitrogens is 2. The fourth-order valence-electron chi connectivity index (χ4n) is 4.61. The molecule has 1 atom stereocenters. The van der Waals surface area contributed by atoms with E-state index in [0.29, 0.717) is 44.1 Å². The molecule has 8 nitrogen and oxygen atoms in total. The largest absolute Gasteiger partial charge is 0.496 e. The number of fused-ring (bicyclic) bond motifs is 1. The smallest absolute Gasteiger partial charge is 0.237 e. The summed E-state index contributed by atoms with van der Waals surface area (Å²) in [4.78, 5) is 41.0. The molecule has 170 valence electrons. The van der Waals surface area contributed by atoms with E-state index in [4.69, 9.17) is 14.7 Å². The standard InChI is InChI=1S/C24H31N5O3/c1-16-18-11-12-21(30)29(14-17-8-5-6-10-20(17)32-4)24(18)26-23(25-16)19-9-7-13-28(19)22(31)15-27(2)3/h5-6,8,10,19H,7,9,11-15H2,1-4H3/t19-/m1/s1. The summed E-state index contributed by atoms with van der Waals surface area (Å²) in [5.74, 6) is 2.17. The van der Waals surface area contributed by atoms with Gasteiger partial charge in [0, 0.05) is 29.8 Å². The maximum absolute atomic E-state index is 13.0. The van der Waals surface area contributed by atoms with Crippen molar-refractivity contribution in [3.8, 4) is 5.75 Å². The summed E-state index contributed by atoms with van der Waals surface area (Å²) < 4.78 is 5.49. The Hall–Kier alpha value is -3.00. The minimum Gasteiger partial charge on any atom is -0.496 e. The van der Waals surface area contributed by atoms with Crippen molar-refractivity contribution < 1.29 is 14.3 Å². The lowest BCUT2D eigenvalue weighted by molar-refractivity contribution is -0.133. The van der Waals surface area contributed by atoms with Crippen LogP contribution in [0, 0.1) is 6.92 Å². The number of rotatable bonds is 6. The molecule has 1 fully saturated rings. The molecular formula is C24H31N5O3. The Morgan fingerprint density at radius 3 is 2.75 bits per heavy atom. The van der Waals surface area contributed by atoms with Gasteiger partial charge in [0.1, 0.15) is 11.6 Å². The van der Waals surface area contributed by atoms with Gasteiger partial charge in [0.2, 0.25) is 11.8 Å². The first-order chi connectivity index (χ1) is 15.4. The van der Waals surface area contributed by atoms with E-state index < -0.39 is 0 Å². The average molecular weight is 438 g/mol. The molecule has 1 aromatic heterocycles. The molecule has 8 heteroatoms. The number of para-hydroxylation sites is 1. The normalized spacial score (nSPS) is 18.3. The van der Waals surface area contributed by atoms with Crippen LogP contribution in [-0.4, -0.2) is 65.9 Å².